The number of hydrogen-bond donors (Lipinski definition) is 2. The van der Waals surface area contributed by atoms with Crippen LogP contribution in [0.5, 0.6) is 0 Å². The van der Waals surface area contributed by atoms with Crippen molar-refractivity contribution >= 4 is 44.8 Å². The Hall–Kier alpha value is -3.69. The average Bonchev–Trinajstić information content (AvgIpc) is 2.78. The first-order valence-corrected chi connectivity index (χ1v) is 11.4. The van der Waals surface area contributed by atoms with Crippen molar-refractivity contribution in [1.82, 2.24) is 0 Å². The highest BCUT2D eigenvalue weighted by atomic mass is 35.5. The van der Waals surface area contributed by atoms with E-state index in [2.05, 4.69) is 11.9 Å². The van der Waals surface area contributed by atoms with Crippen molar-refractivity contribution in [3.05, 3.63) is 101 Å². The Morgan fingerprint density at radius 2 is 1.64 bits per heavy atom. The molecule has 33 heavy (non-hydrogen) atoms. The molecule has 3 aromatic rings. The highest BCUT2D eigenvalue weighted by molar-refractivity contribution is 7.93. The number of nitrogens with two attached hydrogens (primary N) is 1. The summed E-state index contributed by atoms with van der Waals surface area (Å²) < 4.78 is 41.1. The number of primary amides is 1. The maximum Gasteiger partial charge on any atom is 0.266 e. The largest absolute Gasteiger partial charge is 0.366 e. The number of halogens is 2. The Labute approximate surface area is 195 Å². The summed E-state index contributed by atoms with van der Waals surface area (Å²) >= 11 is 6.18. The summed E-state index contributed by atoms with van der Waals surface area (Å²) in [5.41, 5.74) is 6.09. The van der Waals surface area contributed by atoms with Crippen LogP contribution in [-0.4, -0.2) is 26.8 Å². The number of amides is 2. The Balaban J connectivity index is 1.94. The zero-order valence-corrected chi connectivity index (χ0v) is 18.7. The molecule has 170 valence electrons. The minimum atomic E-state index is -4.23. The van der Waals surface area contributed by atoms with E-state index in [1.807, 2.05) is 0 Å². The van der Waals surface area contributed by atoms with Crippen LogP contribution in [0, 0.1) is 5.82 Å². The predicted molar refractivity (Wildman–Crippen MR) is 125 cm³/mol. The van der Waals surface area contributed by atoms with E-state index >= 15 is 0 Å². The monoisotopic (exact) mass is 487 g/mol. The minimum absolute atomic E-state index is 0.0367. The van der Waals surface area contributed by atoms with Crippen LogP contribution in [0.25, 0.3) is 0 Å². The molecule has 0 heterocycles. The third-order valence-corrected chi connectivity index (χ3v) is 6.87. The van der Waals surface area contributed by atoms with E-state index in [-0.39, 0.29) is 33.3 Å². The van der Waals surface area contributed by atoms with Crippen molar-refractivity contribution in [2.24, 2.45) is 5.73 Å². The summed E-state index contributed by atoms with van der Waals surface area (Å²) in [7, 11) is -4.23. The van der Waals surface area contributed by atoms with Crippen LogP contribution >= 0.6 is 11.6 Å². The smallest absolute Gasteiger partial charge is 0.266 e. The van der Waals surface area contributed by atoms with Gasteiger partial charge in [0.15, 0.2) is 0 Å². The highest BCUT2D eigenvalue weighted by Gasteiger charge is 2.27. The number of hydrogen-bond acceptors (Lipinski definition) is 4. The molecule has 3 N–H and O–H groups in total. The second-order valence-corrected chi connectivity index (χ2v) is 9.08. The fourth-order valence-corrected chi connectivity index (χ4v) is 4.89. The second-order valence-electron chi connectivity index (χ2n) is 6.84. The number of rotatable bonds is 8. The topological polar surface area (TPSA) is 110 Å². The molecule has 0 bridgehead atoms. The summed E-state index contributed by atoms with van der Waals surface area (Å²) in [6.07, 6.45) is 1.38. The number of carbonyl (C=O) groups is 2. The molecule has 0 saturated carbocycles. The Bertz CT molecular complexity index is 1310. The molecule has 0 saturated heterocycles. The standard InChI is InChI=1S/C23H19ClFN3O4S/c1-2-13-28(19-10-6-17(25)7-11-19)33(31,32)21-14-16(5-12-20(21)24)23(30)27-18-8-3-15(4-9-18)22(26)29/h2-12,14H,1,13H2,(H2,26,29)(H,27,30). The van der Waals surface area contributed by atoms with E-state index in [4.69, 9.17) is 17.3 Å². The van der Waals surface area contributed by atoms with E-state index < -0.39 is 27.7 Å². The first-order chi connectivity index (χ1) is 15.6. The lowest BCUT2D eigenvalue weighted by atomic mass is 10.1. The molecule has 0 aliphatic carbocycles. The van der Waals surface area contributed by atoms with Gasteiger partial charge in [-0.3, -0.25) is 13.9 Å². The van der Waals surface area contributed by atoms with Gasteiger partial charge in [-0.2, -0.15) is 0 Å². The van der Waals surface area contributed by atoms with E-state index in [9.17, 15) is 22.4 Å². The number of anilines is 2. The number of sulfonamides is 1. The molecule has 0 spiro atoms. The van der Waals surface area contributed by atoms with Crippen molar-refractivity contribution in [2.75, 3.05) is 16.2 Å². The highest BCUT2D eigenvalue weighted by Crippen LogP contribution is 2.30. The molecule has 3 aromatic carbocycles. The van der Waals surface area contributed by atoms with Crippen LogP contribution in [0.4, 0.5) is 15.8 Å². The van der Waals surface area contributed by atoms with E-state index in [0.717, 1.165) is 22.5 Å². The van der Waals surface area contributed by atoms with Crippen molar-refractivity contribution in [2.45, 2.75) is 4.90 Å². The molecule has 2 amide bonds. The lowest BCUT2D eigenvalue weighted by molar-refractivity contribution is 0.0998. The Kier molecular flexibility index (Phi) is 7.15. The number of benzene rings is 3. The van der Waals surface area contributed by atoms with Crippen molar-refractivity contribution < 1.29 is 22.4 Å². The van der Waals surface area contributed by atoms with Crippen LogP contribution < -0.4 is 15.4 Å². The average molecular weight is 488 g/mol. The van der Waals surface area contributed by atoms with Crippen molar-refractivity contribution in [1.29, 1.82) is 0 Å². The van der Waals surface area contributed by atoms with Gasteiger partial charge in [-0.15, -0.1) is 6.58 Å². The molecule has 0 aliphatic rings. The van der Waals surface area contributed by atoms with Gasteiger partial charge in [0.1, 0.15) is 10.7 Å². The molecule has 3 rings (SSSR count). The van der Waals surface area contributed by atoms with Crippen molar-refractivity contribution in [3.8, 4) is 0 Å². The predicted octanol–water partition coefficient (Wildman–Crippen LogP) is 4.21. The third-order valence-electron chi connectivity index (χ3n) is 4.60. The molecule has 0 atom stereocenters. The van der Waals surface area contributed by atoms with Gasteiger partial charge in [-0.25, -0.2) is 12.8 Å². The molecule has 0 fully saturated rings. The Morgan fingerprint density at radius 3 is 2.21 bits per heavy atom. The summed E-state index contributed by atoms with van der Waals surface area (Å²) in [6.45, 7) is 3.47. The van der Waals surface area contributed by atoms with Gasteiger partial charge in [0, 0.05) is 16.8 Å². The summed E-state index contributed by atoms with van der Waals surface area (Å²) in [4.78, 5) is 23.6. The molecule has 10 heteroatoms. The van der Waals surface area contributed by atoms with Gasteiger partial charge in [0.25, 0.3) is 15.9 Å². The first kappa shape index (κ1) is 24.0. The summed E-state index contributed by atoms with van der Waals surface area (Å²) in [6, 6.07) is 14.6. The van der Waals surface area contributed by atoms with Gasteiger partial charge in [-0.1, -0.05) is 17.7 Å². The van der Waals surface area contributed by atoms with E-state index in [1.54, 1.807) is 0 Å². The van der Waals surface area contributed by atoms with Crippen LogP contribution in [0.1, 0.15) is 20.7 Å². The van der Waals surface area contributed by atoms with Crippen LogP contribution in [0.3, 0.4) is 0 Å². The van der Waals surface area contributed by atoms with Gasteiger partial charge in [0.05, 0.1) is 17.3 Å². The zero-order chi connectivity index (χ0) is 24.2. The molecule has 0 unspecified atom stereocenters. The normalized spacial score (nSPS) is 11.0. The number of nitrogens with zero attached hydrogens (tertiary/aromatic N) is 1. The lowest BCUT2D eigenvalue weighted by Gasteiger charge is -2.24. The van der Waals surface area contributed by atoms with Gasteiger partial charge >= 0.3 is 0 Å². The van der Waals surface area contributed by atoms with Crippen molar-refractivity contribution in [3.63, 3.8) is 0 Å². The lowest BCUT2D eigenvalue weighted by Crippen LogP contribution is -2.31. The Morgan fingerprint density at radius 1 is 1.03 bits per heavy atom. The summed E-state index contributed by atoms with van der Waals surface area (Å²) in [5, 5.41) is 2.53. The SMILES string of the molecule is C=CCN(c1ccc(F)cc1)S(=O)(=O)c1cc(C(=O)Nc2ccc(C(N)=O)cc2)ccc1Cl. The molecule has 0 aliphatic heterocycles. The maximum atomic E-state index is 13.4. The van der Waals surface area contributed by atoms with E-state index in [0.29, 0.717) is 5.69 Å². The van der Waals surface area contributed by atoms with Crippen LogP contribution in [-0.2, 0) is 10.0 Å². The first-order valence-electron chi connectivity index (χ1n) is 9.53. The van der Waals surface area contributed by atoms with Gasteiger partial charge < -0.3 is 11.1 Å². The fourth-order valence-electron chi connectivity index (χ4n) is 2.95. The van der Waals surface area contributed by atoms with E-state index in [1.165, 1.54) is 54.6 Å². The molecule has 7 nitrogen and oxygen atoms in total. The second kappa shape index (κ2) is 9.85. The molecular weight excluding hydrogens is 469 g/mol. The maximum absolute atomic E-state index is 13.4. The third kappa shape index (κ3) is 5.39. The quantitative estimate of drug-likeness (QED) is 0.464. The fraction of sp³-hybridized carbons (Fsp3) is 0.0435. The van der Waals surface area contributed by atoms with Gasteiger partial charge in [-0.05, 0) is 66.7 Å². The minimum Gasteiger partial charge on any atom is -0.366 e. The molecule has 0 aromatic heterocycles. The zero-order valence-electron chi connectivity index (χ0n) is 17.2. The van der Waals surface area contributed by atoms with Gasteiger partial charge in [0.2, 0.25) is 5.91 Å². The number of carbonyl (C=O) groups excluding carboxylic acids is 2. The molecular formula is C23H19ClFN3O4S. The number of nitrogens with one attached hydrogen (secondary N) is 1. The summed E-state index contributed by atoms with van der Waals surface area (Å²) in [5.74, 6) is -1.71. The van der Waals surface area contributed by atoms with Crippen LogP contribution in [0.2, 0.25) is 5.02 Å². The van der Waals surface area contributed by atoms with Crippen LogP contribution in [0.15, 0.2) is 84.3 Å². The molecule has 0 radical (unpaired) electrons.